The van der Waals surface area contributed by atoms with E-state index in [-0.39, 0.29) is 0 Å². The van der Waals surface area contributed by atoms with Gasteiger partial charge in [-0.15, -0.1) is 0 Å². The fourth-order valence-corrected chi connectivity index (χ4v) is 1.08. The molecule has 1 atom stereocenters. The molecule has 0 fully saturated rings. The monoisotopic (exact) mass is 196 g/mol. The number of ether oxygens (including phenoxy) is 1. The summed E-state index contributed by atoms with van der Waals surface area (Å²) >= 11 is 5.82. The number of anilines is 1. The Labute approximate surface area is 81.7 Å². The molecule has 0 aliphatic rings. The van der Waals surface area contributed by atoms with Crippen LogP contribution < -0.4 is 10.5 Å². The Balaban J connectivity index is 2.95. The predicted molar refractivity (Wildman–Crippen MR) is 51.6 cm³/mol. The van der Waals surface area contributed by atoms with Crippen molar-refractivity contribution >= 4 is 17.3 Å². The van der Waals surface area contributed by atoms with E-state index in [9.17, 15) is 0 Å². The molecule has 0 spiro atoms. The van der Waals surface area contributed by atoms with E-state index < -0.39 is 6.10 Å². The van der Waals surface area contributed by atoms with Crippen LogP contribution in [0.5, 0.6) is 5.75 Å². The van der Waals surface area contributed by atoms with Crippen LogP contribution in [-0.4, -0.2) is 6.10 Å². The van der Waals surface area contributed by atoms with Gasteiger partial charge >= 0.3 is 0 Å². The SMILES string of the molecule is CC(C#N)Oc1c(N)cccc1Cl. The zero-order chi connectivity index (χ0) is 9.84. The van der Waals surface area contributed by atoms with Crippen LogP contribution in [0.3, 0.4) is 0 Å². The van der Waals surface area contributed by atoms with E-state index >= 15 is 0 Å². The summed E-state index contributed by atoms with van der Waals surface area (Å²) in [6.45, 7) is 1.63. The van der Waals surface area contributed by atoms with E-state index in [1.54, 1.807) is 25.1 Å². The second-order valence-corrected chi connectivity index (χ2v) is 2.95. The van der Waals surface area contributed by atoms with Gasteiger partial charge in [-0.2, -0.15) is 5.26 Å². The van der Waals surface area contributed by atoms with E-state index in [4.69, 9.17) is 27.3 Å². The van der Waals surface area contributed by atoms with Crippen molar-refractivity contribution in [2.75, 3.05) is 5.73 Å². The zero-order valence-corrected chi connectivity index (χ0v) is 7.88. The normalized spacial score (nSPS) is 11.8. The van der Waals surface area contributed by atoms with Gasteiger partial charge in [0.2, 0.25) is 0 Å². The lowest BCUT2D eigenvalue weighted by atomic mass is 10.3. The van der Waals surface area contributed by atoms with Crippen LogP contribution in [0, 0.1) is 11.3 Å². The van der Waals surface area contributed by atoms with Gasteiger partial charge in [-0.3, -0.25) is 0 Å². The first-order chi connectivity index (χ1) is 6.15. The molecule has 1 unspecified atom stereocenters. The third-order valence-electron chi connectivity index (χ3n) is 1.47. The third kappa shape index (κ3) is 2.27. The third-order valence-corrected chi connectivity index (χ3v) is 1.77. The smallest absolute Gasteiger partial charge is 0.181 e. The summed E-state index contributed by atoms with van der Waals surface area (Å²) in [4.78, 5) is 0. The van der Waals surface area contributed by atoms with E-state index in [0.29, 0.717) is 16.5 Å². The lowest BCUT2D eigenvalue weighted by Gasteiger charge is -2.11. The van der Waals surface area contributed by atoms with Gasteiger partial charge in [-0.05, 0) is 19.1 Å². The summed E-state index contributed by atoms with van der Waals surface area (Å²) < 4.78 is 5.21. The van der Waals surface area contributed by atoms with Gasteiger partial charge in [0.25, 0.3) is 0 Å². The molecule has 0 aliphatic carbocycles. The summed E-state index contributed by atoms with van der Waals surface area (Å²) in [6.07, 6.45) is -0.554. The first kappa shape index (κ1) is 9.69. The molecule has 0 aliphatic heterocycles. The highest BCUT2D eigenvalue weighted by molar-refractivity contribution is 6.32. The van der Waals surface area contributed by atoms with Gasteiger partial charge < -0.3 is 10.5 Å². The van der Waals surface area contributed by atoms with E-state index in [1.165, 1.54) is 0 Å². The summed E-state index contributed by atoms with van der Waals surface area (Å²) in [5.74, 6) is 0.373. The summed E-state index contributed by atoms with van der Waals surface area (Å²) in [6, 6.07) is 6.99. The van der Waals surface area contributed by atoms with Crippen molar-refractivity contribution in [3.63, 3.8) is 0 Å². The van der Waals surface area contributed by atoms with Crippen molar-refractivity contribution in [1.82, 2.24) is 0 Å². The van der Waals surface area contributed by atoms with Crippen LogP contribution in [0.4, 0.5) is 5.69 Å². The molecule has 4 heteroatoms. The molecule has 0 heterocycles. The maximum absolute atomic E-state index is 8.52. The van der Waals surface area contributed by atoms with Crippen molar-refractivity contribution in [2.24, 2.45) is 0 Å². The van der Waals surface area contributed by atoms with Crippen LogP contribution in [0.1, 0.15) is 6.92 Å². The number of nitrogens with two attached hydrogens (primary N) is 1. The Morgan fingerprint density at radius 3 is 2.85 bits per heavy atom. The molecule has 0 saturated carbocycles. The number of nitriles is 1. The Hall–Kier alpha value is -1.40. The second kappa shape index (κ2) is 4.01. The molecule has 2 N–H and O–H groups in total. The molecule has 0 bridgehead atoms. The first-order valence-electron chi connectivity index (χ1n) is 3.75. The number of para-hydroxylation sites is 1. The number of hydrogen-bond acceptors (Lipinski definition) is 3. The standard InChI is InChI=1S/C9H9ClN2O/c1-6(5-11)13-9-7(10)3-2-4-8(9)12/h2-4,6H,12H2,1H3. The minimum atomic E-state index is -0.554. The second-order valence-electron chi connectivity index (χ2n) is 2.55. The van der Waals surface area contributed by atoms with Crippen LogP contribution in [-0.2, 0) is 0 Å². The highest BCUT2D eigenvalue weighted by Gasteiger charge is 2.08. The Bertz CT molecular complexity index is 326. The molecule has 0 saturated heterocycles. The van der Waals surface area contributed by atoms with Gasteiger partial charge in [0.05, 0.1) is 10.7 Å². The number of rotatable bonds is 2. The van der Waals surface area contributed by atoms with Gasteiger partial charge in [0.1, 0.15) is 6.07 Å². The average Bonchev–Trinajstić information content (AvgIpc) is 2.11. The maximum atomic E-state index is 8.52. The summed E-state index contributed by atoms with van der Waals surface area (Å²) in [5, 5.41) is 8.94. The zero-order valence-electron chi connectivity index (χ0n) is 7.12. The van der Waals surface area contributed by atoms with Crippen molar-refractivity contribution in [3.8, 4) is 11.8 Å². The van der Waals surface area contributed by atoms with Gasteiger partial charge in [0, 0.05) is 0 Å². The Morgan fingerprint density at radius 1 is 1.62 bits per heavy atom. The number of nitrogens with zero attached hydrogens (tertiary/aromatic N) is 1. The summed E-state index contributed by atoms with van der Waals surface area (Å²) in [5.41, 5.74) is 6.04. The van der Waals surface area contributed by atoms with Gasteiger partial charge in [-0.25, -0.2) is 0 Å². The number of benzene rings is 1. The first-order valence-corrected chi connectivity index (χ1v) is 4.13. The fourth-order valence-electron chi connectivity index (χ4n) is 0.853. The lowest BCUT2D eigenvalue weighted by molar-refractivity contribution is 0.278. The minimum Gasteiger partial charge on any atom is -0.472 e. The predicted octanol–water partition coefficient (Wildman–Crippen LogP) is 2.21. The molecule has 68 valence electrons. The van der Waals surface area contributed by atoms with Gasteiger partial charge in [0.15, 0.2) is 11.9 Å². The quantitative estimate of drug-likeness (QED) is 0.738. The van der Waals surface area contributed by atoms with Crippen molar-refractivity contribution in [2.45, 2.75) is 13.0 Å². The molecule has 1 rings (SSSR count). The highest BCUT2D eigenvalue weighted by atomic mass is 35.5. The van der Waals surface area contributed by atoms with Crippen LogP contribution in [0.25, 0.3) is 0 Å². The van der Waals surface area contributed by atoms with Gasteiger partial charge in [-0.1, -0.05) is 17.7 Å². The molecule has 0 radical (unpaired) electrons. The van der Waals surface area contributed by atoms with Crippen LogP contribution >= 0.6 is 11.6 Å². The van der Waals surface area contributed by atoms with E-state index in [2.05, 4.69) is 0 Å². The number of hydrogen-bond donors (Lipinski definition) is 1. The Morgan fingerprint density at radius 2 is 2.31 bits per heavy atom. The molecule has 13 heavy (non-hydrogen) atoms. The maximum Gasteiger partial charge on any atom is 0.181 e. The molecule has 1 aromatic carbocycles. The molecular formula is C9H9ClN2O. The topological polar surface area (TPSA) is 59.0 Å². The lowest BCUT2D eigenvalue weighted by Crippen LogP contribution is -2.09. The minimum absolute atomic E-state index is 0.373. The fraction of sp³-hybridized carbons (Fsp3) is 0.222. The average molecular weight is 197 g/mol. The molecule has 3 nitrogen and oxygen atoms in total. The van der Waals surface area contributed by atoms with Crippen molar-refractivity contribution in [1.29, 1.82) is 5.26 Å². The largest absolute Gasteiger partial charge is 0.472 e. The molecule has 1 aromatic rings. The van der Waals surface area contributed by atoms with E-state index in [1.807, 2.05) is 6.07 Å². The van der Waals surface area contributed by atoms with E-state index in [0.717, 1.165) is 0 Å². The van der Waals surface area contributed by atoms with Crippen molar-refractivity contribution < 1.29 is 4.74 Å². The summed E-state index contributed by atoms with van der Waals surface area (Å²) in [7, 11) is 0. The molecule has 0 amide bonds. The Kier molecular flexibility index (Phi) is 2.99. The number of nitrogen functional groups attached to an aromatic ring is 1. The van der Waals surface area contributed by atoms with Crippen LogP contribution in [0.15, 0.2) is 18.2 Å². The molecular weight excluding hydrogens is 188 g/mol. The number of halogens is 1. The highest BCUT2D eigenvalue weighted by Crippen LogP contribution is 2.31. The molecule has 0 aromatic heterocycles. The van der Waals surface area contributed by atoms with Crippen LogP contribution in [0.2, 0.25) is 5.02 Å². The van der Waals surface area contributed by atoms with Crippen molar-refractivity contribution in [3.05, 3.63) is 23.2 Å².